The maximum absolute atomic E-state index is 11.7. The number of hydrogen-bond acceptors (Lipinski definition) is 4. The largest absolute Gasteiger partial charge is 0.383 e. The molecule has 88 valence electrons. The molecule has 1 aromatic heterocycles. The van der Waals surface area contributed by atoms with E-state index in [4.69, 9.17) is 12.2 Å². The van der Waals surface area contributed by atoms with E-state index in [0.717, 1.165) is 6.42 Å². The molecule has 0 aliphatic rings. The van der Waals surface area contributed by atoms with E-state index in [9.17, 15) is 8.42 Å². The highest BCUT2D eigenvalue weighted by Crippen LogP contribution is 2.13. The monoisotopic (exact) mass is 242 g/mol. The zero-order chi connectivity index (χ0) is 12.0. The number of rotatable bonds is 6. The van der Waals surface area contributed by atoms with Crippen molar-refractivity contribution in [1.82, 2.24) is 14.9 Å². The molecule has 0 radical (unpaired) electrons. The molecule has 1 aromatic rings. The number of nitrogens with one attached hydrogen (secondary N) is 2. The molecule has 0 saturated heterocycles. The number of aromatic amines is 1. The molecule has 1 heterocycles. The van der Waals surface area contributed by atoms with Crippen molar-refractivity contribution in [3.63, 3.8) is 0 Å². The van der Waals surface area contributed by atoms with Gasteiger partial charge in [-0.1, -0.05) is 0 Å². The van der Waals surface area contributed by atoms with Crippen LogP contribution in [0.4, 0.5) is 5.82 Å². The minimum absolute atomic E-state index is 0.0237. The molecular weight excluding hydrogens is 228 g/mol. The number of nitrogens with zero attached hydrogens (tertiary/aromatic N) is 1. The zero-order valence-electron chi connectivity index (χ0n) is 8.73. The number of terminal acetylenes is 1. The Balaban J connectivity index is 2.48. The molecule has 0 spiro atoms. The van der Waals surface area contributed by atoms with E-state index in [1.165, 1.54) is 6.20 Å². The van der Waals surface area contributed by atoms with Gasteiger partial charge in [0.25, 0.3) is 0 Å². The molecule has 0 saturated carbocycles. The summed E-state index contributed by atoms with van der Waals surface area (Å²) in [4.78, 5) is -0.0237. The van der Waals surface area contributed by atoms with Crippen LogP contribution < -0.4 is 10.5 Å². The van der Waals surface area contributed by atoms with Gasteiger partial charge in [0.2, 0.25) is 10.0 Å². The SMILES string of the molecule is C#CCCCCNS(=O)(=O)c1cn[nH]c1N. The second kappa shape index (κ2) is 5.53. The van der Waals surface area contributed by atoms with Gasteiger partial charge < -0.3 is 5.73 Å². The average molecular weight is 242 g/mol. The van der Waals surface area contributed by atoms with Crippen LogP contribution in [-0.2, 0) is 10.0 Å². The van der Waals surface area contributed by atoms with E-state index in [1.807, 2.05) is 0 Å². The van der Waals surface area contributed by atoms with E-state index in [-0.39, 0.29) is 10.7 Å². The average Bonchev–Trinajstić information content (AvgIpc) is 2.65. The van der Waals surface area contributed by atoms with Crippen molar-refractivity contribution in [1.29, 1.82) is 0 Å². The molecule has 0 atom stereocenters. The number of nitrogens with two attached hydrogens (primary N) is 1. The zero-order valence-corrected chi connectivity index (χ0v) is 9.55. The first-order valence-corrected chi connectivity index (χ1v) is 6.28. The first-order chi connectivity index (χ1) is 7.58. The summed E-state index contributed by atoms with van der Waals surface area (Å²) in [5.41, 5.74) is 5.41. The smallest absolute Gasteiger partial charge is 0.245 e. The van der Waals surface area contributed by atoms with Crippen LogP contribution >= 0.6 is 0 Å². The lowest BCUT2D eigenvalue weighted by molar-refractivity contribution is 0.578. The summed E-state index contributed by atoms with van der Waals surface area (Å²) in [6, 6.07) is 0. The van der Waals surface area contributed by atoms with Crippen molar-refractivity contribution in [2.75, 3.05) is 12.3 Å². The Bertz CT molecular complexity index is 472. The van der Waals surface area contributed by atoms with Crippen LogP contribution in [-0.4, -0.2) is 25.2 Å². The topological polar surface area (TPSA) is 101 Å². The van der Waals surface area contributed by atoms with Crippen molar-refractivity contribution in [2.24, 2.45) is 0 Å². The van der Waals surface area contributed by atoms with Gasteiger partial charge in [-0.05, 0) is 12.8 Å². The summed E-state index contributed by atoms with van der Waals surface area (Å²) in [5.74, 6) is 2.53. The molecule has 0 amide bonds. The minimum Gasteiger partial charge on any atom is -0.383 e. The molecule has 6 nitrogen and oxygen atoms in total. The van der Waals surface area contributed by atoms with Gasteiger partial charge in [0, 0.05) is 13.0 Å². The molecule has 0 bridgehead atoms. The summed E-state index contributed by atoms with van der Waals surface area (Å²) in [7, 11) is -3.56. The lowest BCUT2D eigenvalue weighted by Gasteiger charge is -2.04. The van der Waals surface area contributed by atoms with Gasteiger partial charge >= 0.3 is 0 Å². The number of unbranched alkanes of at least 4 members (excludes halogenated alkanes) is 2. The second-order valence-electron chi connectivity index (χ2n) is 3.21. The maximum Gasteiger partial charge on any atom is 0.245 e. The Morgan fingerprint density at radius 3 is 2.88 bits per heavy atom. The van der Waals surface area contributed by atoms with E-state index >= 15 is 0 Å². The molecule has 7 heteroatoms. The third-order valence-electron chi connectivity index (χ3n) is 1.96. The van der Waals surface area contributed by atoms with Crippen LogP contribution in [0.3, 0.4) is 0 Å². The Labute approximate surface area is 94.7 Å². The van der Waals surface area contributed by atoms with Crippen molar-refractivity contribution in [3.05, 3.63) is 6.20 Å². The Hall–Kier alpha value is -1.52. The maximum atomic E-state index is 11.7. The van der Waals surface area contributed by atoms with E-state index in [1.54, 1.807) is 0 Å². The minimum atomic E-state index is -3.56. The third kappa shape index (κ3) is 3.25. The van der Waals surface area contributed by atoms with Crippen LogP contribution in [0.25, 0.3) is 0 Å². The van der Waals surface area contributed by atoms with Gasteiger partial charge in [0.05, 0.1) is 6.20 Å². The summed E-state index contributed by atoms with van der Waals surface area (Å²) in [6.45, 7) is 0.342. The Morgan fingerprint density at radius 1 is 1.56 bits per heavy atom. The Morgan fingerprint density at radius 2 is 2.31 bits per heavy atom. The fourth-order valence-electron chi connectivity index (χ4n) is 1.14. The van der Waals surface area contributed by atoms with Crippen LogP contribution in [0.2, 0.25) is 0 Å². The number of nitrogen functional groups attached to an aromatic ring is 1. The lowest BCUT2D eigenvalue weighted by atomic mass is 10.2. The van der Waals surface area contributed by atoms with Gasteiger partial charge in [-0.3, -0.25) is 5.10 Å². The molecule has 4 N–H and O–H groups in total. The Kier molecular flexibility index (Phi) is 4.34. The predicted molar refractivity (Wildman–Crippen MR) is 60.9 cm³/mol. The molecule has 0 aliphatic carbocycles. The predicted octanol–water partition coefficient (Wildman–Crippen LogP) is 0.0737. The first kappa shape index (κ1) is 12.5. The van der Waals surface area contributed by atoms with Gasteiger partial charge in [-0.25, -0.2) is 13.1 Å². The molecule has 0 fully saturated rings. The second-order valence-corrected chi connectivity index (χ2v) is 4.94. The van der Waals surface area contributed by atoms with Crippen LogP contribution in [0.5, 0.6) is 0 Å². The van der Waals surface area contributed by atoms with E-state index in [0.29, 0.717) is 19.4 Å². The first-order valence-electron chi connectivity index (χ1n) is 4.80. The van der Waals surface area contributed by atoms with Gasteiger partial charge in [0.1, 0.15) is 10.7 Å². The number of sulfonamides is 1. The fraction of sp³-hybridized carbons (Fsp3) is 0.444. The highest BCUT2D eigenvalue weighted by Gasteiger charge is 2.18. The molecule has 0 unspecified atom stereocenters. The van der Waals surface area contributed by atoms with Crippen molar-refractivity contribution in [3.8, 4) is 12.3 Å². The fourth-order valence-corrected chi connectivity index (χ4v) is 2.23. The lowest BCUT2D eigenvalue weighted by Crippen LogP contribution is -2.25. The third-order valence-corrected chi connectivity index (χ3v) is 3.45. The highest BCUT2D eigenvalue weighted by molar-refractivity contribution is 7.89. The normalized spacial score (nSPS) is 11.2. The van der Waals surface area contributed by atoms with E-state index in [2.05, 4.69) is 20.8 Å². The summed E-state index contributed by atoms with van der Waals surface area (Å²) >= 11 is 0. The molecule has 0 aromatic carbocycles. The van der Waals surface area contributed by atoms with Crippen LogP contribution in [0.15, 0.2) is 11.1 Å². The molecule has 0 aliphatic heterocycles. The highest BCUT2D eigenvalue weighted by atomic mass is 32.2. The summed E-state index contributed by atoms with van der Waals surface area (Å²) in [5, 5.41) is 5.92. The number of anilines is 1. The summed E-state index contributed by atoms with van der Waals surface area (Å²) in [6.07, 6.45) is 8.39. The quantitative estimate of drug-likeness (QED) is 0.485. The van der Waals surface area contributed by atoms with Gasteiger partial charge in [-0.15, -0.1) is 12.3 Å². The van der Waals surface area contributed by atoms with Crippen molar-refractivity contribution >= 4 is 15.8 Å². The number of H-pyrrole nitrogens is 1. The standard InChI is InChI=1S/C9H14N4O2S/c1-2-3-4-5-6-12-16(14,15)8-7-11-13-9(8)10/h1,7,12H,3-6H2,(H3,10,11,13). The van der Waals surface area contributed by atoms with Crippen LogP contribution in [0, 0.1) is 12.3 Å². The van der Waals surface area contributed by atoms with Gasteiger partial charge in [0.15, 0.2) is 0 Å². The molecule has 1 rings (SSSR count). The van der Waals surface area contributed by atoms with Crippen molar-refractivity contribution in [2.45, 2.75) is 24.2 Å². The number of aromatic nitrogens is 2. The van der Waals surface area contributed by atoms with Gasteiger partial charge in [-0.2, -0.15) is 5.10 Å². The van der Waals surface area contributed by atoms with Crippen molar-refractivity contribution < 1.29 is 8.42 Å². The van der Waals surface area contributed by atoms with Crippen LogP contribution in [0.1, 0.15) is 19.3 Å². The van der Waals surface area contributed by atoms with E-state index < -0.39 is 10.0 Å². The number of hydrogen-bond donors (Lipinski definition) is 3. The molecular formula is C9H14N4O2S. The molecule has 16 heavy (non-hydrogen) atoms. The summed E-state index contributed by atoms with van der Waals surface area (Å²) < 4.78 is 25.7.